The normalized spacial score (nSPS) is 10.1. The van der Waals surface area contributed by atoms with Crippen LogP contribution in [0.5, 0.6) is 5.75 Å². The van der Waals surface area contributed by atoms with Crippen LogP contribution in [-0.2, 0) is 13.2 Å². The highest BCUT2D eigenvalue weighted by atomic mass is 16.5. The van der Waals surface area contributed by atoms with Gasteiger partial charge in [-0.05, 0) is 36.7 Å². The van der Waals surface area contributed by atoms with Gasteiger partial charge in [0.05, 0.1) is 0 Å². The third-order valence-electron chi connectivity index (χ3n) is 3.18. The molecule has 108 valence electrons. The van der Waals surface area contributed by atoms with Crippen LogP contribution in [0, 0.1) is 18.3 Å². The summed E-state index contributed by atoms with van der Waals surface area (Å²) >= 11 is 0. The summed E-state index contributed by atoms with van der Waals surface area (Å²) in [4.78, 5) is 3.96. The maximum absolute atomic E-state index is 8.87. The number of nitrogens with zero attached hydrogens (tertiary/aromatic N) is 2. The van der Waals surface area contributed by atoms with Crippen LogP contribution in [0.1, 0.15) is 29.3 Å². The number of rotatable bonds is 6. The molecule has 0 amide bonds. The van der Waals surface area contributed by atoms with E-state index in [9.17, 15) is 0 Å². The highest BCUT2D eigenvalue weighted by molar-refractivity contribution is 5.41. The lowest BCUT2D eigenvalue weighted by molar-refractivity contribution is 0.300. The predicted octanol–water partition coefficient (Wildman–Crippen LogP) is 2.95. The molecular formula is C17H19N3O. The summed E-state index contributed by atoms with van der Waals surface area (Å²) in [6.45, 7) is 6.26. The first kappa shape index (κ1) is 15.0. The van der Waals surface area contributed by atoms with E-state index in [4.69, 9.17) is 10.00 Å². The highest BCUT2D eigenvalue weighted by Crippen LogP contribution is 2.24. The van der Waals surface area contributed by atoms with E-state index < -0.39 is 0 Å². The number of nitrogens with one attached hydrogen (secondary N) is 1. The van der Waals surface area contributed by atoms with Crippen molar-refractivity contribution in [2.45, 2.75) is 27.0 Å². The molecule has 0 saturated heterocycles. The van der Waals surface area contributed by atoms with Crippen LogP contribution >= 0.6 is 0 Å². The molecule has 1 N–H and O–H groups in total. The maximum Gasteiger partial charge on any atom is 0.140 e. The Morgan fingerprint density at radius 2 is 2.19 bits per heavy atom. The summed E-state index contributed by atoms with van der Waals surface area (Å²) < 4.78 is 5.97. The molecule has 0 radical (unpaired) electrons. The molecule has 1 aromatic carbocycles. The Labute approximate surface area is 125 Å². The largest absolute Gasteiger partial charge is 0.488 e. The van der Waals surface area contributed by atoms with Crippen LogP contribution < -0.4 is 10.1 Å². The van der Waals surface area contributed by atoms with E-state index >= 15 is 0 Å². The van der Waals surface area contributed by atoms with Gasteiger partial charge in [0, 0.05) is 18.3 Å². The summed E-state index contributed by atoms with van der Waals surface area (Å²) in [6.07, 6.45) is 1.63. The lowest BCUT2D eigenvalue weighted by Gasteiger charge is -2.14. The molecule has 1 aromatic heterocycles. The molecule has 2 aromatic rings. The second kappa shape index (κ2) is 7.41. The topological polar surface area (TPSA) is 57.9 Å². The van der Waals surface area contributed by atoms with Gasteiger partial charge in [-0.3, -0.25) is 0 Å². The monoisotopic (exact) mass is 281 g/mol. The molecule has 1 heterocycles. The van der Waals surface area contributed by atoms with Crippen molar-refractivity contribution in [2.24, 2.45) is 0 Å². The van der Waals surface area contributed by atoms with Crippen molar-refractivity contribution in [1.29, 1.82) is 5.26 Å². The van der Waals surface area contributed by atoms with Gasteiger partial charge in [0.25, 0.3) is 0 Å². The first-order valence-electron chi connectivity index (χ1n) is 7.01. The van der Waals surface area contributed by atoms with E-state index in [0.717, 1.165) is 35.5 Å². The van der Waals surface area contributed by atoms with Crippen LogP contribution in [0.25, 0.3) is 0 Å². The number of hydrogen-bond acceptors (Lipinski definition) is 4. The number of aromatic nitrogens is 1. The molecule has 0 atom stereocenters. The Morgan fingerprint density at radius 3 is 2.95 bits per heavy atom. The van der Waals surface area contributed by atoms with Crippen molar-refractivity contribution in [3.05, 3.63) is 58.9 Å². The molecule has 0 unspecified atom stereocenters. The van der Waals surface area contributed by atoms with Crippen molar-refractivity contribution in [3.8, 4) is 11.8 Å². The third-order valence-corrected chi connectivity index (χ3v) is 3.18. The Hall–Kier alpha value is -2.38. The van der Waals surface area contributed by atoms with E-state index in [1.165, 1.54) is 0 Å². The van der Waals surface area contributed by atoms with Crippen LogP contribution in [0.15, 0.2) is 36.5 Å². The number of ether oxygens (including phenoxy) is 1. The van der Waals surface area contributed by atoms with Crippen LogP contribution in [0.4, 0.5) is 0 Å². The number of pyridine rings is 1. The second-order valence-electron chi connectivity index (χ2n) is 4.79. The number of aryl methyl sites for hydroxylation is 1. The summed E-state index contributed by atoms with van der Waals surface area (Å²) in [5.74, 6) is 0.911. The Balaban J connectivity index is 2.13. The van der Waals surface area contributed by atoms with Gasteiger partial charge in [-0.2, -0.15) is 5.26 Å². The molecule has 2 rings (SSSR count). The summed E-state index contributed by atoms with van der Waals surface area (Å²) in [5, 5.41) is 12.2. The Bertz CT molecular complexity index is 647. The van der Waals surface area contributed by atoms with E-state index in [1.807, 2.05) is 31.2 Å². The van der Waals surface area contributed by atoms with Crippen molar-refractivity contribution in [2.75, 3.05) is 6.54 Å². The minimum atomic E-state index is 0.411. The van der Waals surface area contributed by atoms with Crippen molar-refractivity contribution >= 4 is 0 Å². The lowest BCUT2D eigenvalue weighted by atomic mass is 10.1. The zero-order chi connectivity index (χ0) is 15.1. The van der Waals surface area contributed by atoms with Crippen LogP contribution in [0.3, 0.4) is 0 Å². The van der Waals surface area contributed by atoms with Crippen molar-refractivity contribution in [3.63, 3.8) is 0 Å². The van der Waals surface area contributed by atoms with Gasteiger partial charge < -0.3 is 10.1 Å². The van der Waals surface area contributed by atoms with Gasteiger partial charge in [-0.15, -0.1) is 0 Å². The van der Waals surface area contributed by atoms with Gasteiger partial charge in [0.1, 0.15) is 24.1 Å². The SMILES string of the molecule is CCNCc1cccc(C)c1OCc1ccnc(C#N)c1. The molecule has 0 aliphatic carbocycles. The third kappa shape index (κ3) is 4.04. The van der Waals surface area contributed by atoms with Gasteiger partial charge in [-0.25, -0.2) is 4.98 Å². The van der Waals surface area contributed by atoms with Gasteiger partial charge in [-0.1, -0.05) is 25.1 Å². The molecule has 0 spiro atoms. The molecule has 0 fully saturated rings. The Kier molecular flexibility index (Phi) is 5.30. The van der Waals surface area contributed by atoms with Crippen LogP contribution in [0.2, 0.25) is 0 Å². The molecule has 0 aliphatic rings. The molecule has 0 bridgehead atoms. The maximum atomic E-state index is 8.87. The standard InChI is InChI=1S/C17H19N3O/c1-3-19-11-15-6-4-5-13(2)17(15)21-12-14-7-8-20-16(9-14)10-18/h4-9,19H,3,11-12H2,1-2H3. The highest BCUT2D eigenvalue weighted by Gasteiger charge is 2.07. The van der Waals surface area contributed by atoms with Crippen molar-refractivity contribution in [1.82, 2.24) is 10.3 Å². The average molecular weight is 281 g/mol. The molecule has 4 nitrogen and oxygen atoms in total. The number of para-hydroxylation sites is 1. The minimum absolute atomic E-state index is 0.411. The van der Waals surface area contributed by atoms with Crippen molar-refractivity contribution < 1.29 is 4.74 Å². The molecule has 21 heavy (non-hydrogen) atoms. The van der Waals surface area contributed by atoms with Crippen LogP contribution in [-0.4, -0.2) is 11.5 Å². The quantitative estimate of drug-likeness (QED) is 0.884. The van der Waals surface area contributed by atoms with E-state index in [-0.39, 0.29) is 0 Å². The second-order valence-corrected chi connectivity index (χ2v) is 4.79. The predicted molar refractivity (Wildman–Crippen MR) is 81.8 cm³/mol. The fourth-order valence-electron chi connectivity index (χ4n) is 2.10. The van der Waals surface area contributed by atoms with E-state index in [2.05, 4.69) is 23.3 Å². The van der Waals surface area contributed by atoms with E-state index in [0.29, 0.717) is 12.3 Å². The summed E-state index contributed by atoms with van der Waals surface area (Å²) in [7, 11) is 0. The fourth-order valence-corrected chi connectivity index (χ4v) is 2.10. The average Bonchev–Trinajstić information content (AvgIpc) is 2.52. The fraction of sp³-hybridized carbons (Fsp3) is 0.294. The zero-order valence-electron chi connectivity index (χ0n) is 12.4. The van der Waals surface area contributed by atoms with Gasteiger partial charge in [0.2, 0.25) is 0 Å². The molecular weight excluding hydrogens is 262 g/mol. The number of hydrogen-bond donors (Lipinski definition) is 1. The number of nitriles is 1. The van der Waals surface area contributed by atoms with Gasteiger partial charge >= 0.3 is 0 Å². The van der Waals surface area contributed by atoms with Gasteiger partial charge in [0.15, 0.2) is 0 Å². The zero-order valence-corrected chi connectivity index (χ0v) is 12.4. The summed E-state index contributed by atoms with van der Waals surface area (Å²) in [6, 6.07) is 11.8. The van der Waals surface area contributed by atoms with E-state index in [1.54, 1.807) is 12.3 Å². The molecule has 0 saturated carbocycles. The minimum Gasteiger partial charge on any atom is -0.488 e. The molecule has 0 aliphatic heterocycles. The Morgan fingerprint density at radius 1 is 1.33 bits per heavy atom. The lowest BCUT2D eigenvalue weighted by Crippen LogP contribution is -2.13. The number of benzene rings is 1. The summed E-state index contributed by atoms with van der Waals surface area (Å²) in [5.41, 5.74) is 3.61. The molecule has 4 heteroatoms. The first-order valence-corrected chi connectivity index (χ1v) is 7.01. The first-order chi connectivity index (χ1) is 10.2. The smallest absolute Gasteiger partial charge is 0.140 e.